The number of para-hydroxylation sites is 1. The van der Waals surface area contributed by atoms with E-state index in [2.05, 4.69) is 10.1 Å². The quantitative estimate of drug-likeness (QED) is 0.490. The number of carbonyl (C=O) groups is 2. The number of nitrogens with zero attached hydrogens (tertiary/aromatic N) is 1. The third-order valence-electron chi connectivity index (χ3n) is 3.14. The third-order valence-corrected chi connectivity index (χ3v) is 3.58. The number of ether oxygens (including phenoxy) is 1. The Morgan fingerprint density at radius 2 is 1.80 bits per heavy atom. The summed E-state index contributed by atoms with van der Waals surface area (Å²) in [6, 6.07) is 12.8. The summed E-state index contributed by atoms with van der Waals surface area (Å²) in [4.78, 5) is 24.1. The average Bonchev–Trinajstić information content (AvgIpc) is 2.58. The predicted octanol–water partition coefficient (Wildman–Crippen LogP) is 4.33. The maximum Gasteiger partial charge on any atom is 0.339 e. The van der Waals surface area contributed by atoms with Crippen LogP contribution in [0.4, 0.5) is 5.69 Å². The first-order chi connectivity index (χ1) is 11.9. The standard InChI is InChI=1S/C18H12Cl2N2O3/c1-25-18(24)15-4-2-3-5-16(15)22-17(23)12(10-21)6-11-7-13(19)9-14(20)8-11/h2-9H,1H3,(H,22,23)/b12-6+. The van der Waals surface area contributed by atoms with Crippen molar-refractivity contribution in [2.45, 2.75) is 0 Å². The van der Waals surface area contributed by atoms with Crippen LogP contribution in [0.1, 0.15) is 15.9 Å². The van der Waals surface area contributed by atoms with Crippen LogP contribution in [0.25, 0.3) is 6.08 Å². The van der Waals surface area contributed by atoms with Crippen LogP contribution < -0.4 is 5.32 Å². The molecule has 0 saturated heterocycles. The molecule has 5 nitrogen and oxygen atoms in total. The predicted molar refractivity (Wildman–Crippen MR) is 96.5 cm³/mol. The molecule has 1 N–H and O–H groups in total. The molecule has 0 unspecified atom stereocenters. The highest BCUT2D eigenvalue weighted by atomic mass is 35.5. The second kappa shape index (κ2) is 8.34. The highest BCUT2D eigenvalue weighted by molar-refractivity contribution is 6.34. The van der Waals surface area contributed by atoms with E-state index in [1.165, 1.54) is 25.3 Å². The maximum atomic E-state index is 12.4. The first kappa shape index (κ1) is 18.5. The van der Waals surface area contributed by atoms with Gasteiger partial charge in [0.15, 0.2) is 0 Å². The minimum absolute atomic E-state index is 0.169. The van der Waals surface area contributed by atoms with Gasteiger partial charge in [0.1, 0.15) is 11.6 Å². The largest absolute Gasteiger partial charge is 0.465 e. The van der Waals surface area contributed by atoms with Gasteiger partial charge in [0.05, 0.1) is 18.4 Å². The van der Waals surface area contributed by atoms with Crippen LogP contribution in [0.15, 0.2) is 48.0 Å². The van der Waals surface area contributed by atoms with Gasteiger partial charge in [-0.1, -0.05) is 35.3 Å². The molecule has 1 amide bonds. The van der Waals surface area contributed by atoms with E-state index in [1.807, 2.05) is 6.07 Å². The molecule has 0 heterocycles. The first-order valence-electron chi connectivity index (χ1n) is 7.01. The number of esters is 1. The molecule has 0 aliphatic carbocycles. The SMILES string of the molecule is COC(=O)c1ccccc1NC(=O)/C(C#N)=C/c1cc(Cl)cc(Cl)c1. The minimum Gasteiger partial charge on any atom is -0.465 e. The number of halogens is 2. The fourth-order valence-corrected chi connectivity index (χ4v) is 2.59. The van der Waals surface area contributed by atoms with Gasteiger partial charge in [-0.05, 0) is 42.0 Å². The number of carbonyl (C=O) groups excluding carboxylic acids is 2. The molecule has 0 saturated carbocycles. The lowest BCUT2D eigenvalue weighted by Crippen LogP contribution is -2.16. The average molecular weight is 375 g/mol. The summed E-state index contributed by atoms with van der Waals surface area (Å²) in [6.45, 7) is 0. The molecular formula is C18H12Cl2N2O3. The van der Waals surface area contributed by atoms with Gasteiger partial charge in [-0.15, -0.1) is 0 Å². The second-order valence-corrected chi connectivity index (χ2v) is 5.74. The molecule has 0 aliphatic heterocycles. The number of anilines is 1. The topological polar surface area (TPSA) is 79.2 Å². The van der Waals surface area contributed by atoms with Gasteiger partial charge in [0.2, 0.25) is 0 Å². The van der Waals surface area contributed by atoms with Crippen molar-refractivity contribution in [3.05, 3.63) is 69.2 Å². The summed E-state index contributed by atoms with van der Waals surface area (Å²) < 4.78 is 4.67. The number of nitrogens with one attached hydrogen (secondary N) is 1. The second-order valence-electron chi connectivity index (χ2n) is 4.86. The van der Waals surface area contributed by atoms with Gasteiger partial charge in [0, 0.05) is 10.0 Å². The number of hydrogen-bond donors (Lipinski definition) is 1. The maximum absolute atomic E-state index is 12.4. The first-order valence-corrected chi connectivity index (χ1v) is 7.76. The van der Waals surface area contributed by atoms with E-state index in [0.717, 1.165) is 0 Å². The fourth-order valence-electron chi connectivity index (χ4n) is 2.04. The van der Waals surface area contributed by atoms with Gasteiger partial charge in [-0.2, -0.15) is 5.26 Å². The van der Waals surface area contributed by atoms with Crippen molar-refractivity contribution in [1.82, 2.24) is 0 Å². The molecule has 126 valence electrons. The Hall–Kier alpha value is -2.81. The Bertz CT molecular complexity index is 881. The molecule has 0 atom stereocenters. The van der Waals surface area contributed by atoms with E-state index >= 15 is 0 Å². The number of benzene rings is 2. The smallest absolute Gasteiger partial charge is 0.339 e. The van der Waals surface area contributed by atoms with Gasteiger partial charge in [0.25, 0.3) is 5.91 Å². The molecule has 0 fully saturated rings. The Morgan fingerprint density at radius 3 is 2.40 bits per heavy atom. The van der Waals surface area contributed by atoms with E-state index in [4.69, 9.17) is 23.2 Å². The van der Waals surface area contributed by atoms with E-state index in [1.54, 1.807) is 30.3 Å². The molecule has 2 aromatic rings. The molecule has 0 bridgehead atoms. The number of nitriles is 1. The summed E-state index contributed by atoms with van der Waals surface area (Å²) in [5, 5.41) is 12.6. The van der Waals surface area contributed by atoms with E-state index in [9.17, 15) is 14.9 Å². The van der Waals surface area contributed by atoms with Crippen LogP contribution in [0.5, 0.6) is 0 Å². The van der Waals surface area contributed by atoms with E-state index in [-0.39, 0.29) is 16.8 Å². The monoisotopic (exact) mass is 374 g/mol. The molecule has 0 aromatic heterocycles. The zero-order chi connectivity index (χ0) is 18.4. The van der Waals surface area contributed by atoms with Crippen LogP contribution in [-0.2, 0) is 9.53 Å². The van der Waals surface area contributed by atoms with Gasteiger partial charge in [-0.3, -0.25) is 4.79 Å². The molecular weight excluding hydrogens is 363 g/mol. The number of hydrogen-bond acceptors (Lipinski definition) is 4. The van der Waals surface area contributed by atoms with E-state index in [0.29, 0.717) is 15.6 Å². The molecule has 0 aliphatic rings. The highest BCUT2D eigenvalue weighted by Crippen LogP contribution is 2.22. The van der Waals surface area contributed by atoms with Crippen LogP contribution in [0.2, 0.25) is 10.0 Å². The molecule has 0 radical (unpaired) electrons. The van der Waals surface area contributed by atoms with Crippen molar-refractivity contribution in [2.75, 3.05) is 12.4 Å². The Kier molecular flexibility index (Phi) is 6.18. The van der Waals surface area contributed by atoms with Crippen molar-refractivity contribution in [2.24, 2.45) is 0 Å². The Balaban J connectivity index is 2.31. The molecule has 25 heavy (non-hydrogen) atoms. The lowest BCUT2D eigenvalue weighted by molar-refractivity contribution is -0.112. The third kappa shape index (κ3) is 4.83. The van der Waals surface area contributed by atoms with Crippen molar-refractivity contribution >= 4 is 46.8 Å². The number of methoxy groups -OCH3 is 1. The Morgan fingerprint density at radius 1 is 1.16 bits per heavy atom. The number of amides is 1. The van der Waals surface area contributed by atoms with Gasteiger partial charge < -0.3 is 10.1 Å². The molecule has 2 rings (SSSR count). The van der Waals surface area contributed by atoms with Crippen molar-refractivity contribution < 1.29 is 14.3 Å². The lowest BCUT2D eigenvalue weighted by Gasteiger charge is -2.09. The summed E-state index contributed by atoms with van der Waals surface area (Å²) in [5.74, 6) is -1.27. The normalized spacial score (nSPS) is 10.7. The van der Waals surface area contributed by atoms with Crippen LogP contribution in [0.3, 0.4) is 0 Å². The summed E-state index contributed by atoms with van der Waals surface area (Å²) in [5.41, 5.74) is 0.759. The molecule has 7 heteroatoms. The van der Waals surface area contributed by atoms with Crippen molar-refractivity contribution in [1.29, 1.82) is 5.26 Å². The van der Waals surface area contributed by atoms with Crippen molar-refractivity contribution in [3.8, 4) is 6.07 Å². The minimum atomic E-state index is -0.671. The summed E-state index contributed by atoms with van der Waals surface area (Å²) in [7, 11) is 1.24. The summed E-state index contributed by atoms with van der Waals surface area (Å²) in [6.07, 6.45) is 1.36. The fraction of sp³-hybridized carbons (Fsp3) is 0.0556. The zero-order valence-corrected chi connectivity index (χ0v) is 14.6. The highest BCUT2D eigenvalue weighted by Gasteiger charge is 2.16. The lowest BCUT2D eigenvalue weighted by atomic mass is 10.1. The van der Waals surface area contributed by atoms with Crippen LogP contribution >= 0.6 is 23.2 Å². The zero-order valence-electron chi connectivity index (χ0n) is 13.0. The number of rotatable bonds is 4. The molecule has 0 spiro atoms. The van der Waals surface area contributed by atoms with Crippen molar-refractivity contribution in [3.63, 3.8) is 0 Å². The Labute approximate surface area is 154 Å². The molecule has 2 aromatic carbocycles. The van der Waals surface area contributed by atoms with Crippen LogP contribution in [0, 0.1) is 11.3 Å². The van der Waals surface area contributed by atoms with Gasteiger partial charge in [-0.25, -0.2) is 4.79 Å². The van der Waals surface area contributed by atoms with Gasteiger partial charge >= 0.3 is 5.97 Å². The van der Waals surface area contributed by atoms with Crippen LogP contribution in [-0.4, -0.2) is 19.0 Å². The van der Waals surface area contributed by atoms with E-state index < -0.39 is 11.9 Å². The summed E-state index contributed by atoms with van der Waals surface area (Å²) >= 11 is 11.8.